The summed E-state index contributed by atoms with van der Waals surface area (Å²) in [7, 11) is 1.62. The van der Waals surface area contributed by atoms with E-state index >= 15 is 0 Å². The largest absolute Gasteiger partial charge is 0.478 e. The Kier molecular flexibility index (Phi) is 6.62. The molecule has 0 fully saturated rings. The molecule has 0 aromatic carbocycles. The molecule has 0 aliphatic rings. The van der Waals surface area contributed by atoms with Gasteiger partial charge in [0, 0.05) is 26.2 Å². The Hall–Kier alpha value is -1.86. The first-order chi connectivity index (χ1) is 9.15. The van der Waals surface area contributed by atoms with Crippen LogP contribution < -0.4 is 16.2 Å². The molecule has 1 aromatic rings. The van der Waals surface area contributed by atoms with Crippen LogP contribution in [-0.4, -0.2) is 44.4 Å². The van der Waals surface area contributed by atoms with Crippen LogP contribution in [0.4, 0.5) is 5.69 Å². The third kappa shape index (κ3) is 5.54. The normalized spacial score (nSPS) is 10.4. The number of hydrogen-bond acceptors (Lipinski definition) is 6. The summed E-state index contributed by atoms with van der Waals surface area (Å²) in [5, 5.41) is 0. The summed E-state index contributed by atoms with van der Waals surface area (Å²) in [5.41, 5.74) is 11.2. The van der Waals surface area contributed by atoms with Crippen molar-refractivity contribution in [2.75, 3.05) is 39.3 Å². The lowest BCUT2D eigenvalue weighted by Gasteiger charge is -2.08. The van der Waals surface area contributed by atoms with E-state index in [1.807, 2.05) is 0 Å². The van der Waals surface area contributed by atoms with Gasteiger partial charge < -0.3 is 25.7 Å². The van der Waals surface area contributed by atoms with Gasteiger partial charge >= 0.3 is 0 Å². The zero-order valence-corrected chi connectivity index (χ0v) is 10.9. The number of aromatic nitrogens is 1. The van der Waals surface area contributed by atoms with Gasteiger partial charge in [-0.2, -0.15) is 0 Å². The van der Waals surface area contributed by atoms with Crippen LogP contribution in [0.25, 0.3) is 0 Å². The molecule has 0 bridgehead atoms. The lowest BCUT2D eigenvalue weighted by Crippen LogP contribution is -2.14. The number of methoxy groups -OCH3 is 1. The fraction of sp³-hybridized carbons (Fsp3) is 0.500. The van der Waals surface area contributed by atoms with Crippen LogP contribution in [-0.2, 0) is 9.47 Å². The summed E-state index contributed by atoms with van der Waals surface area (Å²) in [5.74, 6) is -0.285. The number of primary amides is 1. The maximum absolute atomic E-state index is 11.1. The smallest absolute Gasteiger partial charge is 0.251 e. The summed E-state index contributed by atoms with van der Waals surface area (Å²) in [6, 6.07) is 1.43. The van der Waals surface area contributed by atoms with E-state index in [9.17, 15) is 4.79 Å². The zero-order chi connectivity index (χ0) is 14.1. The number of nitrogens with zero attached hydrogens (tertiary/aromatic N) is 1. The minimum atomic E-state index is -0.604. The van der Waals surface area contributed by atoms with Crippen molar-refractivity contribution in [2.24, 2.45) is 5.73 Å². The predicted molar refractivity (Wildman–Crippen MR) is 70.0 cm³/mol. The molecule has 1 amide bonds. The molecule has 0 saturated carbocycles. The van der Waals surface area contributed by atoms with Crippen molar-refractivity contribution in [3.8, 4) is 5.88 Å². The van der Waals surface area contributed by atoms with Gasteiger partial charge in [-0.25, -0.2) is 4.98 Å². The first-order valence-electron chi connectivity index (χ1n) is 5.90. The van der Waals surface area contributed by atoms with Gasteiger partial charge in [-0.15, -0.1) is 0 Å². The van der Waals surface area contributed by atoms with Crippen molar-refractivity contribution in [3.05, 3.63) is 17.8 Å². The van der Waals surface area contributed by atoms with Crippen LogP contribution in [0.15, 0.2) is 12.3 Å². The first kappa shape index (κ1) is 15.2. The number of nitrogens with two attached hydrogens (primary N) is 2. The number of hydrogen-bond donors (Lipinski definition) is 2. The Labute approximate surface area is 111 Å². The van der Waals surface area contributed by atoms with Crippen molar-refractivity contribution < 1.29 is 19.0 Å². The molecule has 19 heavy (non-hydrogen) atoms. The van der Waals surface area contributed by atoms with E-state index in [2.05, 4.69) is 4.98 Å². The Balaban J connectivity index is 2.30. The van der Waals surface area contributed by atoms with Crippen LogP contribution in [0.5, 0.6) is 5.88 Å². The maximum Gasteiger partial charge on any atom is 0.251 e. The van der Waals surface area contributed by atoms with Gasteiger partial charge in [-0.1, -0.05) is 0 Å². The average molecular weight is 269 g/mol. The van der Waals surface area contributed by atoms with Gasteiger partial charge in [0.1, 0.15) is 0 Å². The van der Waals surface area contributed by atoms with Crippen LogP contribution >= 0.6 is 0 Å². The molecule has 1 rings (SSSR count). The Morgan fingerprint density at radius 1 is 1.32 bits per heavy atom. The lowest BCUT2D eigenvalue weighted by molar-refractivity contribution is 0.0642. The number of nitrogen functional groups attached to an aromatic ring is 1. The van der Waals surface area contributed by atoms with Crippen LogP contribution in [0.3, 0.4) is 0 Å². The maximum atomic E-state index is 11.1. The third-order valence-corrected chi connectivity index (χ3v) is 2.29. The Morgan fingerprint density at radius 2 is 2.11 bits per heavy atom. The molecule has 1 aromatic heterocycles. The highest BCUT2D eigenvalue weighted by Crippen LogP contribution is 2.15. The minimum Gasteiger partial charge on any atom is -0.478 e. The number of carbonyl (C=O) groups excluding carboxylic acids is 1. The zero-order valence-electron chi connectivity index (χ0n) is 10.9. The van der Waals surface area contributed by atoms with Crippen molar-refractivity contribution in [1.82, 2.24) is 4.98 Å². The molecular formula is C12H19N3O4. The second-order valence-corrected chi connectivity index (χ2v) is 3.78. The van der Waals surface area contributed by atoms with Gasteiger partial charge in [-0.05, 0) is 0 Å². The van der Waals surface area contributed by atoms with E-state index in [4.69, 9.17) is 25.7 Å². The number of rotatable bonds is 9. The van der Waals surface area contributed by atoms with E-state index in [0.29, 0.717) is 38.7 Å². The fourth-order valence-electron chi connectivity index (χ4n) is 1.32. The van der Waals surface area contributed by atoms with Crippen LogP contribution in [0.2, 0.25) is 0 Å². The molecule has 0 aliphatic heterocycles. The summed E-state index contributed by atoms with van der Waals surface area (Å²) < 4.78 is 15.5. The molecule has 7 heteroatoms. The number of anilines is 1. The lowest BCUT2D eigenvalue weighted by atomic mass is 10.2. The van der Waals surface area contributed by atoms with Crippen molar-refractivity contribution in [3.63, 3.8) is 0 Å². The fourth-order valence-corrected chi connectivity index (χ4v) is 1.32. The number of pyridine rings is 1. The third-order valence-electron chi connectivity index (χ3n) is 2.29. The standard InChI is InChI=1S/C12H19N3O4/c1-17-5-6-18-3-2-4-19-11-7-9(12(14)16)10(13)8-15-11/h7-8H,2-6,13H2,1H3,(H2,14,16). The molecule has 0 spiro atoms. The van der Waals surface area contributed by atoms with Gasteiger partial charge in [0.25, 0.3) is 5.91 Å². The molecule has 0 saturated heterocycles. The number of carbonyl (C=O) groups is 1. The van der Waals surface area contributed by atoms with Gasteiger partial charge in [0.05, 0.1) is 37.3 Å². The van der Waals surface area contributed by atoms with Crippen LogP contribution in [0.1, 0.15) is 16.8 Å². The summed E-state index contributed by atoms with van der Waals surface area (Å²) >= 11 is 0. The number of ether oxygens (including phenoxy) is 3. The molecule has 0 aliphatic carbocycles. The van der Waals surface area contributed by atoms with E-state index in [-0.39, 0.29) is 11.3 Å². The molecule has 7 nitrogen and oxygen atoms in total. The van der Waals surface area contributed by atoms with E-state index in [1.165, 1.54) is 12.3 Å². The second kappa shape index (κ2) is 8.28. The molecular weight excluding hydrogens is 250 g/mol. The highest BCUT2D eigenvalue weighted by molar-refractivity contribution is 5.97. The highest BCUT2D eigenvalue weighted by Gasteiger charge is 2.08. The molecule has 0 unspecified atom stereocenters. The number of amides is 1. The molecule has 4 N–H and O–H groups in total. The van der Waals surface area contributed by atoms with Crippen LogP contribution in [0, 0.1) is 0 Å². The van der Waals surface area contributed by atoms with Crippen molar-refractivity contribution in [2.45, 2.75) is 6.42 Å². The molecule has 1 heterocycles. The molecule has 106 valence electrons. The monoisotopic (exact) mass is 269 g/mol. The van der Waals surface area contributed by atoms with Crippen molar-refractivity contribution >= 4 is 11.6 Å². The van der Waals surface area contributed by atoms with Gasteiger partial charge in [-0.3, -0.25) is 4.79 Å². The summed E-state index contributed by atoms with van der Waals surface area (Å²) in [6.45, 7) is 2.13. The quantitative estimate of drug-likeness (QED) is 0.619. The average Bonchev–Trinajstić information content (AvgIpc) is 2.39. The minimum absolute atomic E-state index is 0.210. The topological polar surface area (TPSA) is 110 Å². The summed E-state index contributed by atoms with van der Waals surface area (Å²) in [6.07, 6.45) is 2.06. The Morgan fingerprint density at radius 3 is 2.79 bits per heavy atom. The van der Waals surface area contributed by atoms with Gasteiger partial charge in [0.2, 0.25) is 5.88 Å². The molecule has 0 atom stereocenters. The van der Waals surface area contributed by atoms with E-state index in [0.717, 1.165) is 0 Å². The Bertz CT molecular complexity index is 412. The van der Waals surface area contributed by atoms with E-state index in [1.54, 1.807) is 7.11 Å². The first-order valence-corrected chi connectivity index (χ1v) is 5.90. The van der Waals surface area contributed by atoms with Crippen molar-refractivity contribution in [1.29, 1.82) is 0 Å². The summed E-state index contributed by atoms with van der Waals surface area (Å²) in [4.78, 5) is 15.0. The van der Waals surface area contributed by atoms with Gasteiger partial charge in [0.15, 0.2) is 0 Å². The predicted octanol–water partition coefficient (Wildman–Crippen LogP) is 0.195. The molecule has 0 radical (unpaired) electrons. The van der Waals surface area contributed by atoms with E-state index < -0.39 is 5.91 Å². The highest BCUT2D eigenvalue weighted by atomic mass is 16.5. The SMILES string of the molecule is COCCOCCCOc1cc(C(N)=O)c(N)cn1. The second-order valence-electron chi connectivity index (χ2n) is 3.78.